The Bertz CT molecular complexity index is 1230. The van der Waals surface area contributed by atoms with Gasteiger partial charge in [0.25, 0.3) is 0 Å². The zero-order valence-electron chi connectivity index (χ0n) is 22.2. The standard InChI is InChI=1S/C27H37N9O/c1-4-33-9-11-34(12-10-33)13-14-37-22-15-23(26-21(16-28)17-32-36(26)20-22)24-18-31-25(19-30-24)35-7-5-27(2,29-3)6-8-35/h15,17-20,29H,4-14H2,1-3H3. The number of pyridine rings is 1. The van der Waals surface area contributed by atoms with E-state index in [1.165, 1.54) is 0 Å². The van der Waals surface area contributed by atoms with Crippen LogP contribution in [-0.2, 0) is 0 Å². The van der Waals surface area contributed by atoms with Gasteiger partial charge in [-0.25, -0.2) is 9.50 Å². The number of nitrogens with zero attached hydrogens (tertiary/aromatic N) is 8. The van der Waals surface area contributed by atoms with Crippen molar-refractivity contribution in [2.75, 3.05) is 70.9 Å². The van der Waals surface area contributed by atoms with Gasteiger partial charge in [0.1, 0.15) is 24.2 Å². The van der Waals surface area contributed by atoms with E-state index in [1.807, 2.05) is 25.5 Å². The molecular formula is C27H37N9O. The van der Waals surface area contributed by atoms with Crippen molar-refractivity contribution < 1.29 is 4.74 Å². The van der Waals surface area contributed by atoms with Crippen LogP contribution in [0.5, 0.6) is 5.75 Å². The largest absolute Gasteiger partial charge is 0.491 e. The molecule has 0 bridgehead atoms. The lowest BCUT2D eigenvalue weighted by atomic mass is 9.90. The SMILES string of the molecule is CCN1CCN(CCOc2cc(-c3cnc(N4CCC(C)(NC)CC4)cn3)c3c(C#N)cnn3c2)CC1. The van der Waals surface area contributed by atoms with Gasteiger partial charge in [-0.1, -0.05) is 6.92 Å². The highest BCUT2D eigenvalue weighted by Gasteiger charge is 2.29. The number of anilines is 1. The van der Waals surface area contributed by atoms with Gasteiger partial charge >= 0.3 is 0 Å². The molecule has 0 amide bonds. The first-order valence-corrected chi connectivity index (χ1v) is 13.3. The summed E-state index contributed by atoms with van der Waals surface area (Å²) in [5.74, 6) is 1.58. The van der Waals surface area contributed by atoms with E-state index in [2.05, 4.69) is 45.0 Å². The van der Waals surface area contributed by atoms with Gasteiger partial charge in [-0.3, -0.25) is 9.88 Å². The molecule has 196 valence electrons. The lowest BCUT2D eigenvalue weighted by molar-refractivity contribution is 0.120. The Morgan fingerprint density at radius 2 is 1.81 bits per heavy atom. The molecule has 1 N–H and O–H groups in total. The van der Waals surface area contributed by atoms with Crippen molar-refractivity contribution in [1.82, 2.24) is 34.7 Å². The minimum Gasteiger partial charge on any atom is -0.491 e. The third kappa shape index (κ3) is 5.54. The number of rotatable bonds is 8. The Morgan fingerprint density at radius 1 is 1.05 bits per heavy atom. The Balaban J connectivity index is 1.32. The van der Waals surface area contributed by atoms with Crippen LogP contribution in [0.3, 0.4) is 0 Å². The van der Waals surface area contributed by atoms with Crippen LogP contribution in [0.4, 0.5) is 5.82 Å². The van der Waals surface area contributed by atoms with Crippen molar-refractivity contribution in [3.63, 3.8) is 0 Å². The monoisotopic (exact) mass is 503 g/mol. The number of hydrogen-bond acceptors (Lipinski definition) is 9. The first-order chi connectivity index (χ1) is 18.0. The molecule has 0 saturated carbocycles. The molecule has 2 saturated heterocycles. The van der Waals surface area contributed by atoms with Gasteiger partial charge in [0.2, 0.25) is 0 Å². The van der Waals surface area contributed by atoms with Crippen LogP contribution in [0.15, 0.2) is 30.9 Å². The Hall–Kier alpha value is -3.26. The van der Waals surface area contributed by atoms with E-state index >= 15 is 0 Å². The fourth-order valence-electron chi connectivity index (χ4n) is 5.18. The number of piperidine rings is 1. The van der Waals surface area contributed by atoms with Crippen LogP contribution < -0.4 is 15.0 Å². The van der Waals surface area contributed by atoms with E-state index in [0.29, 0.717) is 23.6 Å². The van der Waals surface area contributed by atoms with Gasteiger partial charge in [0.15, 0.2) is 0 Å². The van der Waals surface area contributed by atoms with Crippen molar-refractivity contribution in [3.05, 3.63) is 36.4 Å². The van der Waals surface area contributed by atoms with E-state index in [0.717, 1.165) is 82.1 Å². The summed E-state index contributed by atoms with van der Waals surface area (Å²) >= 11 is 0. The second-order valence-electron chi connectivity index (χ2n) is 10.2. The van der Waals surface area contributed by atoms with E-state index in [1.54, 1.807) is 16.9 Å². The molecule has 2 aliphatic rings. The van der Waals surface area contributed by atoms with E-state index in [9.17, 15) is 5.26 Å². The molecule has 10 heteroatoms. The molecule has 2 aliphatic heterocycles. The first kappa shape index (κ1) is 25.4. The second kappa shape index (κ2) is 11.0. The molecule has 0 radical (unpaired) electrons. The third-order valence-electron chi connectivity index (χ3n) is 8.00. The average molecular weight is 504 g/mol. The highest BCUT2D eigenvalue weighted by Crippen LogP contribution is 2.31. The topological polar surface area (TPSA) is 97.9 Å². The summed E-state index contributed by atoms with van der Waals surface area (Å²) in [7, 11) is 2.03. The molecule has 3 aromatic rings. The van der Waals surface area contributed by atoms with Gasteiger partial charge in [0.05, 0.1) is 41.6 Å². The molecule has 3 aromatic heterocycles. The highest BCUT2D eigenvalue weighted by molar-refractivity contribution is 5.83. The minimum atomic E-state index is 0.176. The Morgan fingerprint density at radius 3 is 2.46 bits per heavy atom. The maximum atomic E-state index is 9.67. The number of hydrogen-bond donors (Lipinski definition) is 1. The molecule has 37 heavy (non-hydrogen) atoms. The summed E-state index contributed by atoms with van der Waals surface area (Å²) < 4.78 is 7.87. The van der Waals surface area contributed by atoms with Gasteiger partial charge in [0, 0.05) is 56.9 Å². The molecule has 0 aromatic carbocycles. The summed E-state index contributed by atoms with van der Waals surface area (Å²) in [6.07, 6.45) is 9.17. The Kier molecular flexibility index (Phi) is 7.55. The molecule has 2 fully saturated rings. The molecule has 10 nitrogen and oxygen atoms in total. The number of ether oxygens (including phenoxy) is 1. The number of piperazine rings is 1. The van der Waals surface area contributed by atoms with Crippen LogP contribution >= 0.6 is 0 Å². The number of nitriles is 1. The zero-order valence-corrected chi connectivity index (χ0v) is 22.2. The van der Waals surface area contributed by atoms with Crippen LogP contribution in [0, 0.1) is 11.3 Å². The first-order valence-electron chi connectivity index (χ1n) is 13.3. The van der Waals surface area contributed by atoms with Crippen molar-refractivity contribution >= 4 is 11.3 Å². The maximum Gasteiger partial charge on any atom is 0.147 e. The number of likely N-dealkylation sites (N-methyl/N-ethyl adjacent to an activating group) is 1. The van der Waals surface area contributed by atoms with E-state index < -0.39 is 0 Å². The maximum absolute atomic E-state index is 9.67. The normalized spacial score (nSPS) is 18.7. The fraction of sp³-hybridized carbons (Fsp3) is 0.556. The van der Waals surface area contributed by atoms with E-state index in [-0.39, 0.29) is 5.54 Å². The zero-order chi connectivity index (χ0) is 25.8. The van der Waals surface area contributed by atoms with Crippen LogP contribution in [0.25, 0.3) is 16.8 Å². The molecule has 0 atom stereocenters. The summed E-state index contributed by atoms with van der Waals surface area (Å²) in [4.78, 5) is 16.7. The lowest BCUT2D eigenvalue weighted by Gasteiger charge is -2.39. The highest BCUT2D eigenvalue weighted by atomic mass is 16.5. The fourth-order valence-corrected chi connectivity index (χ4v) is 5.18. The van der Waals surface area contributed by atoms with Gasteiger partial charge < -0.3 is 19.9 Å². The smallest absolute Gasteiger partial charge is 0.147 e. The summed E-state index contributed by atoms with van der Waals surface area (Å²) in [5, 5.41) is 17.5. The second-order valence-corrected chi connectivity index (χ2v) is 10.2. The molecule has 0 aliphatic carbocycles. The number of aromatic nitrogens is 4. The predicted molar refractivity (Wildman–Crippen MR) is 144 cm³/mol. The number of nitrogens with one attached hydrogen (secondary N) is 1. The number of fused-ring (bicyclic) bond motifs is 1. The van der Waals surface area contributed by atoms with Crippen LogP contribution in [0.1, 0.15) is 32.3 Å². The van der Waals surface area contributed by atoms with Crippen LogP contribution in [0.2, 0.25) is 0 Å². The van der Waals surface area contributed by atoms with Crippen molar-refractivity contribution in [2.24, 2.45) is 0 Å². The Labute approximate surface area is 218 Å². The van der Waals surface area contributed by atoms with Crippen LogP contribution in [-0.4, -0.2) is 101 Å². The third-order valence-corrected chi connectivity index (χ3v) is 8.00. The van der Waals surface area contributed by atoms with Gasteiger partial charge in [-0.15, -0.1) is 0 Å². The molecular weight excluding hydrogens is 466 g/mol. The summed E-state index contributed by atoms with van der Waals surface area (Å²) in [5.41, 5.74) is 2.89. The molecule has 5 rings (SSSR count). The quantitative estimate of drug-likeness (QED) is 0.496. The minimum absolute atomic E-state index is 0.176. The summed E-state index contributed by atoms with van der Waals surface area (Å²) in [6.45, 7) is 13.3. The lowest BCUT2D eigenvalue weighted by Crippen LogP contribution is -2.50. The van der Waals surface area contributed by atoms with Gasteiger partial charge in [-0.2, -0.15) is 10.4 Å². The van der Waals surface area contributed by atoms with Gasteiger partial charge in [-0.05, 0) is 39.4 Å². The molecule has 0 spiro atoms. The van der Waals surface area contributed by atoms with E-state index in [4.69, 9.17) is 14.7 Å². The van der Waals surface area contributed by atoms with Crippen molar-refractivity contribution in [2.45, 2.75) is 32.2 Å². The van der Waals surface area contributed by atoms with Crippen molar-refractivity contribution in [3.8, 4) is 23.1 Å². The average Bonchev–Trinajstić information content (AvgIpc) is 3.37. The summed E-state index contributed by atoms with van der Waals surface area (Å²) in [6, 6.07) is 4.21. The molecule has 0 unspecified atom stereocenters. The predicted octanol–water partition coefficient (Wildman–Crippen LogP) is 2.26. The van der Waals surface area contributed by atoms with Crippen molar-refractivity contribution in [1.29, 1.82) is 5.26 Å². The molecule has 5 heterocycles.